The predicted molar refractivity (Wildman–Crippen MR) is 74.6 cm³/mol. The highest BCUT2D eigenvalue weighted by molar-refractivity contribution is 6.35. The largest absolute Gasteiger partial charge is 0.396 e. The van der Waals surface area contributed by atoms with Gasteiger partial charge in [-0.15, -0.1) is 0 Å². The maximum atomic E-state index is 12.5. The zero-order valence-electron chi connectivity index (χ0n) is 10.5. The van der Waals surface area contributed by atoms with Crippen molar-refractivity contribution in [2.45, 2.75) is 31.7 Å². The lowest BCUT2D eigenvalue weighted by Crippen LogP contribution is -2.35. The average molecular weight is 303 g/mol. The minimum Gasteiger partial charge on any atom is -0.396 e. The molecule has 0 aliphatic carbocycles. The third-order valence-corrected chi connectivity index (χ3v) is 3.89. The number of hydrogen-bond donors (Lipinski definition) is 1. The summed E-state index contributed by atoms with van der Waals surface area (Å²) >= 11 is 11.8. The molecule has 1 aromatic rings. The summed E-state index contributed by atoms with van der Waals surface area (Å²) in [6, 6.07) is 1.69. The molecule has 1 amide bonds. The normalized spacial score (nSPS) is 18.9. The van der Waals surface area contributed by atoms with Crippen molar-refractivity contribution in [2.24, 2.45) is 0 Å². The first-order valence-corrected chi connectivity index (χ1v) is 7.12. The van der Waals surface area contributed by atoms with Crippen LogP contribution in [0.15, 0.2) is 12.3 Å². The molecule has 1 aliphatic rings. The summed E-state index contributed by atoms with van der Waals surface area (Å²) in [6.07, 6.45) is 4.88. The van der Waals surface area contributed by atoms with Gasteiger partial charge in [-0.1, -0.05) is 23.2 Å². The van der Waals surface area contributed by atoms with Gasteiger partial charge in [0.25, 0.3) is 5.91 Å². The van der Waals surface area contributed by atoms with Crippen LogP contribution in [-0.2, 0) is 0 Å². The molecular formula is C13H16Cl2N2O2. The lowest BCUT2D eigenvalue weighted by molar-refractivity contribution is 0.0724. The summed E-state index contributed by atoms with van der Waals surface area (Å²) in [5, 5.41) is 9.48. The van der Waals surface area contributed by atoms with Crippen LogP contribution in [0.1, 0.15) is 36.0 Å². The van der Waals surface area contributed by atoms with Crippen molar-refractivity contribution < 1.29 is 9.90 Å². The Hall–Kier alpha value is -0.840. The summed E-state index contributed by atoms with van der Waals surface area (Å²) in [6.45, 7) is 0.881. The number of aliphatic hydroxyl groups excluding tert-OH is 1. The van der Waals surface area contributed by atoms with Crippen LogP contribution in [0.2, 0.25) is 10.2 Å². The van der Waals surface area contributed by atoms with Gasteiger partial charge in [-0.2, -0.15) is 0 Å². The highest BCUT2D eigenvalue weighted by atomic mass is 35.5. The van der Waals surface area contributed by atoms with Crippen LogP contribution in [0.3, 0.4) is 0 Å². The number of halogens is 2. The number of aromatic nitrogens is 1. The van der Waals surface area contributed by atoms with Crippen LogP contribution in [0.5, 0.6) is 0 Å². The van der Waals surface area contributed by atoms with E-state index in [4.69, 9.17) is 28.3 Å². The van der Waals surface area contributed by atoms with E-state index in [2.05, 4.69) is 4.98 Å². The second kappa shape index (κ2) is 6.55. The third kappa shape index (κ3) is 3.38. The Bertz CT molecular complexity index is 468. The van der Waals surface area contributed by atoms with Crippen molar-refractivity contribution in [1.29, 1.82) is 0 Å². The van der Waals surface area contributed by atoms with Gasteiger partial charge in [-0.25, -0.2) is 4.98 Å². The molecule has 2 heterocycles. The van der Waals surface area contributed by atoms with Gasteiger partial charge >= 0.3 is 0 Å². The Morgan fingerprint density at radius 2 is 2.32 bits per heavy atom. The number of rotatable bonds is 4. The first kappa shape index (κ1) is 14.6. The van der Waals surface area contributed by atoms with Crippen molar-refractivity contribution in [3.8, 4) is 0 Å². The number of carbonyl (C=O) groups is 1. The summed E-state index contributed by atoms with van der Waals surface area (Å²) < 4.78 is 0. The second-order valence-electron chi connectivity index (χ2n) is 4.65. The van der Waals surface area contributed by atoms with Crippen LogP contribution < -0.4 is 0 Å². The molecule has 1 unspecified atom stereocenters. The van der Waals surface area contributed by atoms with Crippen molar-refractivity contribution >= 4 is 29.1 Å². The maximum absolute atomic E-state index is 12.5. The minimum atomic E-state index is -0.102. The monoisotopic (exact) mass is 302 g/mol. The van der Waals surface area contributed by atoms with E-state index < -0.39 is 0 Å². The summed E-state index contributed by atoms with van der Waals surface area (Å²) in [4.78, 5) is 18.2. The van der Waals surface area contributed by atoms with Gasteiger partial charge in [0.15, 0.2) is 0 Å². The molecule has 0 saturated carbocycles. The first-order valence-electron chi connectivity index (χ1n) is 6.36. The molecule has 6 heteroatoms. The van der Waals surface area contributed by atoms with Crippen LogP contribution in [0, 0.1) is 0 Å². The van der Waals surface area contributed by atoms with E-state index in [-0.39, 0.29) is 23.7 Å². The number of pyridine rings is 1. The van der Waals surface area contributed by atoms with Crippen LogP contribution in [-0.4, -0.2) is 40.1 Å². The molecule has 0 radical (unpaired) electrons. The Labute approximate surface area is 122 Å². The van der Waals surface area contributed by atoms with Crippen molar-refractivity contribution in [1.82, 2.24) is 9.88 Å². The quantitative estimate of drug-likeness (QED) is 0.870. The van der Waals surface area contributed by atoms with E-state index in [1.54, 1.807) is 0 Å². The van der Waals surface area contributed by atoms with Crippen LogP contribution in [0.4, 0.5) is 0 Å². The molecule has 4 nitrogen and oxygen atoms in total. The molecule has 1 atom stereocenters. The lowest BCUT2D eigenvalue weighted by Gasteiger charge is -2.25. The zero-order valence-corrected chi connectivity index (χ0v) is 12.0. The average Bonchev–Trinajstić information content (AvgIpc) is 2.86. The topological polar surface area (TPSA) is 53.4 Å². The van der Waals surface area contributed by atoms with E-state index in [1.165, 1.54) is 12.3 Å². The first-order chi connectivity index (χ1) is 9.13. The van der Waals surface area contributed by atoms with E-state index in [0.717, 1.165) is 25.8 Å². The van der Waals surface area contributed by atoms with Gasteiger partial charge in [0.05, 0.1) is 10.6 Å². The number of amides is 1. The summed E-state index contributed by atoms with van der Waals surface area (Å²) in [5.41, 5.74) is 0.401. The minimum absolute atomic E-state index is 0.102. The standard InChI is InChI=1S/C13H16Cl2N2O2/c14-11-8-16-12(15)7-10(11)13(19)17-5-1-3-9(17)4-2-6-18/h7-9,18H,1-6H2. The molecule has 104 valence electrons. The molecule has 0 aromatic carbocycles. The smallest absolute Gasteiger partial charge is 0.255 e. The number of nitrogens with zero attached hydrogens (tertiary/aromatic N) is 2. The molecule has 2 rings (SSSR count). The fourth-order valence-electron chi connectivity index (χ4n) is 2.46. The highest BCUT2D eigenvalue weighted by Gasteiger charge is 2.30. The third-order valence-electron chi connectivity index (χ3n) is 3.39. The summed E-state index contributed by atoms with van der Waals surface area (Å²) in [7, 11) is 0. The Balaban J connectivity index is 2.16. The summed E-state index contributed by atoms with van der Waals surface area (Å²) in [5.74, 6) is -0.102. The Morgan fingerprint density at radius 3 is 3.05 bits per heavy atom. The number of carbonyl (C=O) groups excluding carboxylic acids is 1. The van der Waals surface area contributed by atoms with E-state index in [1.807, 2.05) is 4.90 Å². The lowest BCUT2D eigenvalue weighted by atomic mass is 10.1. The predicted octanol–water partition coefficient (Wildman–Crippen LogP) is 2.77. The van der Waals surface area contributed by atoms with Gasteiger partial charge in [-0.3, -0.25) is 4.79 Å². The molecule has 0 spiro atoms. The van der Waals surface area contributed by atoms with Crippen LogP contribution in [0.25, 0.3) is 0 Å². The second-order valence-corrected chi connectivity index (χ2v) is 5.44. The van der Waals surface area contributed by atoms with Crippen molar-refractivity contribution in [2.75, 3.05) is 13.2 Å². The zero-order chi connectivity index (χ0) is 13.8. The molecule has 0 bridgehead atoms. The van der Waals surface area contributed by atoms with E-state index >= 15 is 0 Å². The van der Waals surface area contributed by atoms with Gasteiger partial charge in [-0.05, 0) is 31.7 Å². The van der Waals surface area contributed by atoms with Gasteiger partial charge in [0.1, 0.15) is 5.15 Å². The molecule has 1 fully saturated rings. The molecule has 1 aromatic heterocycles. The molecular weight excluding hydrogens is 287 g/mol. The highest BCUT2D eigenvalue weighted by Crippen LogP contribution is 2.26. The van der Waals surface area contributed by atoms with Gasteiger partial charge in [0.2, 0.25) is 0 Å². The number of likely N-dealkylation sites (tertiary alicyclic amines) is 1. The SMILES string of the molecule is O=C(c1cc(Cl)ncc1Cl)N1CCCC1CCCO. The Morgan fingerprint density at radius 1 is 1.53 bits per heavy atom. The van der Waals surface area contributed by atoms with Gasteiger partial charge in [0, 0.05) is 25.4 Å². The fourth-order valence-corrected chi connectivity index (χ4v) is 2.80. The Kier molecular flexibility index (Phi) is 5.02. The molecule has 1 aliphatic heterocycles. The molecule has 19 heavy (non-hydrogen) atoms. The van der Waals surface area contributed by atoms with Gasteiger partial charge < -0.3 is 10.0 Å². The van der Waals surface area contributed by atoms with E-state index in [9.17, 15) is 4.79 Å². The number of hydrogen-bond acceptors (Lipinski definition) is 3. The molecule has 1 saturated heterocycles. The van der Waals surface area contributed by atoms with Crippen LogP contribution >= 0.6 is 23.2 Å². The number of aliphatic hydroxyl groups is 1. The van der Waals surface area contributed by atoms with Crippen molar-refractivity contribution in [3.05, 3.63) is 28.0 Å². The maximum Gasteiger partial charge on any atom is 0.255 e. The molecule has 1 N–H and O–H groups in total. The van der Waals surface area contributed by atoms with E-state index in [0.29, 0.717) is 17.0 Å². The fraction of sp³-hybridized carbons (Fsp3) is 0.538. The van der Waals surface area contributed by atoms with Crippen molar-refractivity contribution in [3.63, 3.8) is 0 Å².